The van der Waals surface area contributed by atoms with Crippen LogP contribution in [0.1, 0.15) is 23.6 Å². The second-order valence-electron chi connectivity index (χ2n) is 7.74. The van der Waals surface area contributed by atoms with Gasteiger partial charge in [0.2, 0.25) is 0 Å². The average molecular weight is 442 g/mol. The van der Waals surface area contributed by atoms with E-state index >= 15 is 0 Å². The Bertz CT molecular complexity index is 1050. The number of halogens is 1. The van der Waals surface area contributed by atoms with Crippen molar-refractivity contribution in [2.45, 2.75) is 12.5 Å². The van der Waals surface area contributed by atoms with Crippen LogP contribution in [0.4, 0.5) is 4.39 Å². The molecule has 2 aromatic rings. The van der Waals surface area contributed by atoms with Crippen molar-refractivity contribution in [2.75, 3.05) is 41.4 Å². The maximum atomic E-state index is 14.0. The molecule has 0 bridgehead atoms. The topological polar surface area (TPSA) is 79.3 Å². The molecule has 1 unspecified atom stereocenters. The van der Waals surface area contributed by atoms with Gasteiger partial charge in [0.1, 0.15) is 23.1 Å². The van der Waals surface area contributed by atoms with Gasteiger partial charge in [0.05, 0.1) is 31.4 Å². The van der Waals surface area contributed by atoms with E-state index in [0.29, 0.717) is 30.8 Å². The monoisotopic (exact) mass is 442 g/mol. The fourth-order valence-corrected chi connectivity index (χ4v) is 3.89. The molecule has 0 radical (unpaired) electrons. The van der Waals surface area contributed by atoms with E-state index in [2.05, 4.69) is 0 Å². The van der Waals surface area contributed by atoms with E-state index < -0.39 is 29.3 Å². The van der Waals surface area contributed by atoms with Gasteiger partial charge in [0.25, 0.3) is 11.7 Å². The van der Waals surface area contributed by atoms with Gasteiger partial charge >= 0.3 is 0 Å². The number of aliphatic hydroxyl groups is 1. The lowest BCUT2D eigenvalue weighted by molar-refractivity contribution is -0.140. The lowest BCUT2D eigenvalue weighted by Gasteiger charge is -2.27. The van der Waals surface area contributed by atoms with Gasteiger partial charge in [-0.2, -0.15) is 0 Å². The number of methoxy groups -OCH3 is 2. The highest BCUT2D eigenvalue weighted by Crippen LogP contribution is 2.43. The molecule has 1 aliphatic rings. The quantitative estimate of drug-likeness (QED) is 0.384. The minimum absolute atomic E-state index is 0.00121. The number of para-hydroxylation sites is 1. The zero-order valence-corrected chi connectivity index (χ0v) is 18.6. The van der Waals surface area contributed by atoms with Gasteiger partial charge in [0.15, 0.2) is 0 Å². The first-order valence-corrected chi connectivity index (χ1v) is 10.2. The largest absolute Gasteiger partial charge is 0.507 e. The number of ether oxygens (including phenoxy) is 2. The number of benzene rings is 2. The van der Waals surface area contributed by atoms with Crippen molar-refractivity contribution in [3.05, 3.63) is 65.0 Å². The molecule has 1 aliphatic heterocycles. The minimum Gasteiger partial charge on any atom is -0.507 e. The smallest absolute Gasteiger partial charge is 0.295 e. The minimum atomic E-state index is -0.888. The molecule has 0 spiro atoms. The first kappa shape index (κ1) is 23.3. The molecule has 1 atom stereocenters. The fourth-order valence-electron chi connectivity index (χ4n) is 3.89. The molecule has 8 heteroatoms. The number of hydrogen-bond donors (Lipinski definition) is 1. The summed E-state index contributed by atoms with van der Waals surface area (Å²) in [5.74, 6) is -2.02. The normalized spacial score (nSPS) is 17.8. The fraction of sp³-hybridized carbons (Fsp3) is 0.333. The zero-order chi connectivity index (χ0) is 23.4. The van der Waals surface area contributed by atoms with Crippen molar-refractivity contribution in [1.82, 2.24) is 9.80 Å². The average Bonchev–Trinajstić information content (AvgIpc) is 3.03. The van der Waals surface area contributed by atoms with Crippen LogP contribution in [0.5, 0.6) is 11.5 Å². The molecule has 170 valence electrons. The van der Waals surface area contributed by atoms with Crippen molar-refractivity contribution < 1.29 is 28.6 Å². The molecule has 1 fully saturated rings. The predicted molar refractivity (Wildman–Crippen MR) is 118 cm³/mol. The molecular formula is C24H27FN2O5. The third-order valence-corrected chi connectivity index (χ3v) is 5.39. The van der Waals surface area contributed by atoms with Gasteiger partial charge in [-0.05, 0) is 51.3 Å². The SMILES string of the molecule is COc1ccc(F)cc1/C(O)=C1\C(=O)C(=O)N(CCCN(C)C)C1c1ccccc1OC. The molecule has 3 rings (SSSR count). The van der Waals surface area contributed by atoms with Crippen LogP contribution in [0, 0.1) is 5.82 Å². The molecule has 1 heterocycles. The summed E-state index contributed by atoms with van der Waals surface area (Å²) in [6, 6.07) is 9.73. The van der Waals surface area contributed by atoms with Crippen molar-refractivity contribution >= 4 is 17.4 Å². The van der Waals surface area contributed by atoms with E-state index in [1.165, 1.54) is 31.3 Å². The third kappa shape index (κ3) is 4.45. The summed E-state index contributed by atoms with van der Waals surface area (Å²) < 4.78 is 24.7. The van der Waals surface area contributed by atoms with E-state index in [9.17, 15) is 19.1 Å². The Morgan fingerprint density at radius 3 is 2.44 bits per heavy atom. The van der Waals surface area contributed by atoms with Gasteiger partial charge in [-0.25, -0.2) is 4.39 Å². The first-order chi connectivity index (χ1) is 15.3. The summed E-state index contributed by atoms with van der Waals surface area (Å²) in [6.07, 6.45) is 0.620. The summed E-state index contributed by atoms with van der Waals surface area (Å²) in [5, 5.41) is 11.2. The highest BCUT2D eigenvalue weighted by atomic mass is 19.1. The standard InChI is InChI=1S/C24H27FN2O5/c1-26(2)12-7-13-27-21(16-8-5-6-9-18(16)31-3)20(23(29)24(27)30)22(28)17-14-15(25)10-11-19(17)32-4/h5-6,8-11,14,21,28H,7,12-13H2,1-4H3/b22-20+. The summed E-state index contributed by atoms with van der Waals surface area (Å²) in [4.78, 5) is 29.5. The molecule has 0 saturated carbocycles. The van der Waals surface area contributed by atoms with E-state index in [0.717, 1.165) is 6.07 Å². The Labute approximate surface area is 186 Å². The van der Waals surface area contributed by atoms with E-state index in [-0.39, 0.29) is 16.9 Å². The zero-order valence-electron chi connectivity index (χ0n) is 18.6. The van der Waals surface area contributed by atoms with Gasteiger partial charge in [-0.1, -0.05) is 18.2 Å². The van der Waals surface area contributed by atoms with E-state index in [1.54, 1.807) is 24.3 Å². The van der Waals surface area contributed by atoms with Crippen molar-refractivity contribution in [3.8, 4) is 11.5 Å². The van der Waals surface area contributed by atoms with Crippen molar-refractivity contribution in [2.24, 2.45) is 0 Å². The number of ketones is 1. The second-order valence-corrected chi connectivity index (χ2v) is 7.74. The van der Waals surface area contributed by atoms with Gasteiger partial charge in [0, 0.05) is 12.1 Å². The van der Waals surface area contributed by atoms with Crippen molar-refractivity contribution in [3.63, 3.8) is 0 Å². The molecule has 2 aromatic carbocycles. The Morgan fingerprint density at radius 1 is 1.09 bits per heavy atom. The lowest BCUT2D eigenvalue weighted by atomic mass is 9.94. The maximum Gasteiger partial charge on any atom is 0.295 e. The number of rotatable bonds is 8. The number of carbonyl (C=O) groups excluding carboxylic acids is 2. The van der Waals surface area contributed by atoms with Crippen molar-refractivity contribution in [1.29, 1.82) is 0 Å². The highest BCUT2D eigenvalue weighted by Gasteiger charge is 2.47. The second kappa shape index (κ2) is 9.82. The van der Waals surface area contributed by atoms with Gasteiger partial charge < -0.3 is 24.4 Å². The number of Topliss-reactive ketones (excluding diaryl/α,β-unsaturated/α-hetero) is 1. The molecular weight excluding hydrogens is 415 g/mol. The van der Waals surface area contributed by atoms with Crippen LogP contribution in [0.2, 0.25) is 0 Å². The molecule has 1 N–H and O–H groups in total. The third-order valence-electron chi connectivity index (χ3n) is 5.39. The van der Waals surface area contributed by atoms with E-state index in [4.69, 9.17) is 9.47 Å². The van der Waals surface area contributed by atoms with Crippen LogP contribution in [0.25, 0.3) is 5.76 Å². The summed E-state index contributed by atoms with van der Waals surface area (Å²) in [6.45, 7) is 1.00. The molecule has 0 aliphatic carbocycles. The van der Waals surface area contributed by atoms with Gasteiger partial charge in [-0.15, -0.1) is 0 Å². The number of carbonyl (C=O) groups is 2. The summed E-state index contributed by atoms with van der Waals surface area (Å²) >= 11 is 0. The number of amides is 1. The van der Waals surface area contributed by atoms with Crippen LogP contribution >= 0.6 is 0 Å². The molecule has 7 nitrogen and oxygen atoms in total. The molecule has 0 aromatic heterocycles. The molecule has 1 saturated heterocycles. The first-order valence-electron chi connectivity index (χ1n) is 10.2. The van der Waals surface area contributed by atoms with Gasteiger partial charge in [-0.3, -0.25) is 9.59 Å². The lowest BCUT2D eigenvalue weighted by Crippen LogP contribution is -2.32. The van der Waals surface area contributed by atoms with Crippen LogP contribution in [-0.2, 0) is 9.59 Å². The molecule has 1 amide bonds. The van der Waals surface area contributed by atoms with Crippen LogP contribution in [0.15, 0.2) is 48.0 Å². The Hall–Kier alpha value is -3.39. The summed E-state index contributed by atoms with van der Waals surface area (Å²) in [7, 11) is 6.71. The maximum absolute atomic E-state index is 14.0. The number of nitrogens with zero attached hydrogens (tertiary/aromatic N) is 2. The van der Waals surface area contributed by atoms with Crippen LogP contribution < -0.4 is 9.47 Å². The predicted octanol–water partition coefficient (Wildman–Crippen LogP) is 3.22. The Morgan fingerprint density at radius 2 is 1.78 bits per heavy atom. The number of aliphatic hydroxyl groups excluding tert-OH is 1. The van der Waals surface area contributed by atoms with E-state index in [1.807, 2.05) is 19.0 Å². The Balaban J connectivity index is 2.20. The number of hydrogen-bond acceptors (Lipinski definition) is 6. The van der Waals surface area contributed by atoms with Crippen LogP contribution in [-0.4, -0.2) is 68.0 Å². The summed E-state index contributed by atoms with van der Waals surface area (Å²) in [5.41, 5.74) is 0.419. The Kier molecular flexibility index (Phi) is 7.15. The molecule has 32 heavy (non-hydrogen) atoms. The number of likely N-dealkylation sites (tertiary alicyclic amines) is 1. The highest BCUT2D eigenvalue weighted by molar-refractivity contribution is 6.46. The van der Waals surface area contributed by atoms with Crippen LogP contribution in [0.3, 0.4) is 0 Å².